The predicted molar refractivity (Wildman–Crippen MR) is 87.9 cm³/mol. The second kappa shape index (κ2) is 4.27. The van der Waals surface area contributed by atoms with Gasteiger partial charge < -0.3 is 14.9 Å². The van der Waals surface area contributed by atoms with Gasteiger partial charge >= 0.3 is 5.97 Å². The Morgan fingerprint density at radius 1 is 1.25 bits per heavy atom. The maximum absolute atomic E-state index is 12.7. The van der Waals surface area contributed by atoms with Gasteiger partial charge in [-0.1, -0.05) is 25.5 Å². The molecule has 4 nitrogen and oxygen atoms in total. The van der Waals surface area contributed by atoms with Gasteiger partial charge in [-0.05, 0) is 50.4 Å². The van der Waals surface area contributed by atoms with Crippen LogP contribution in [0.25, 0.3) is 0 Å². The molecular formula is C20H28O4. The molecular weight excluding hydrogens is 304 g/mol. The summed E-state index contributed by atoms with van der Waals surface area (Å²) in [5, 5.41) is 22.1. The molecule has 5 aliphatic rings. The fourth-order valence-electron chi connectivity index (χ4n) is 7.98. The predicted octanol–water partition coefficient (Wildman–Crippen LogP) is 2.43. The molecule has 0 unspecified atom stereocenters. The van der Waals surface area contributed by atoms with E-state index in [1.165, 1.54) is 0 Å². The summed E-state index contributed by atoms with van der Waals surface area (Å²) in [6.45, 7) is 8.55. The lowest BCUT2D eigenvalue weighted by Crippen LogP contribution is -2.66. The Kier molecular flexibility index (Phi) is 2.74. The van der Waals surface area contributed by atoms with Crippen LogP contribution in [0.4, 0.5) is 0 Å². The van der Waals surface area contributed by atoms with E-state index >= 15 is 0 Å². The van der Waals surface area contributed by atoms with Crippen LogP contribution in [0.1, 0.15) is 52.4 Å². The largest absolute Gasteiger partial charge is 0.459 e. The fourth-order valence-corrected chi connectivity index (χ4v) is 7.98. The summed E-state index contributed by atoms with van der Waals surface area (Å²) in [4.78, 5) is 12.7. The van der Waals surface area contributed by atoms with Gasteiger partial charge in [-0.15, -0.1) is 0 Å². The monoisotopic (exact) mass is 332 g/mol. The molecule has 5 rings (SSSR count). The van der Waals surface area contributed by atoms with E-state index in [2.05, 4.69) is 13.5 Å². The molecule has 5 fully saturated rings. The third-order valence-corrected chi connectivity index (χ3v) is 8.86. The third-order valence-electron chi connectivity index (χ3n) is 8.86. The van der Waals surface area contributed by atoms with Gasteiger partial charge in [0.1, 0.15) is 6.10 Å². The number of rotatable bonds is 0. The SMILES string of the molecule is C=C1C[C@]23C[C@H]1[C@H](O)C[C@H]2[C@]1(C)CCC[C@@]2(C)C(=O)O[C@@H]([C@@H]3O)[C@@H]12. The number of carbonyl (C=O) groups is 1. The molecule has 2 N–H and O–H groups in total. The second-order valence-electron chi connectivity index (χ2n) is 9.80. The van der Waals surface area contributed by atoms with Gasteiger partial charge in [0, 0.05) is 17.3 Å². The summed E-state index contributed by atoms with van der Waals surface area (Å²) in [6, 6.07) is 0. The Hall–Kier alpha value is -0.870. The molecule has 1 aliphatic heterocycles. The molecule has 0 aromatic heterocycles. The van der Waals surface area contributed by atoms with Gasteiger partial charge in [0.05, 0.1) is 17.6 Å². The van der Waals surface area contributed by atoms with Gasteiger partial charge in [0.15, 0.2) is 0 Å². The van der Waals surface area contributed by atoms with Crippen molar-refractivity contribution in [3.8, 4) is 0 Å². The Morgan fingerprint density at radius 3 is 2.75 bits per heavy atom. The molecule has 2 bridgehead atoms. The molecule has 0 radical (unpaired) electrons. The van der Waals surface area contributed by atoms with Gasteiger partial charge in [-0.25, -0.2) is 0 Å². The summed E-state index contributed by atoms with van der Waals surface area (Å²) in [7, 11) is 0. The zero-order chi connectivity index (χ0) is 17.1. The highest BCUT2D eigenvalue weighted by atomic mass is 16.6. The molecule has 9 atom stereocenters. The van der Waals surface area contributed by atoms with E-state index in [0.717, 1.165) is 44.1 Å². The van der Waals surface area contributed by atoms with Crippen LogP contribution in [-0.2, 0) is 9.53 Å². The minimum Gasteiger partial charge on any atom is -0.459 e. The first-order chi connectivity index (χ1) is 11.2. The number of ether oxygens (including phenoxy) is 1. The van der Waals surface area contributed by atoms with E-state index in [4.69, 9.17) is 4.74 Å². The Bertz CT molecular complexity index is 644. The quantitative estimate of drug-likeness (QED) is 0.528. The fraction of sp³-hybridized carbons (Fsp3) is 0.850. The molecule has 1 spiro atoms. The summed E-state index contributed by atoms with van der Waals surface area (Å²) in [5.74, 6) is 0.282. The van der Waals surface area contributed by atoms with Gasteiger partial charge in [0.2, 0.25) is 0 Å². The Balaban J connectivity index is 1.70. The van der Waals surface area contributed by atoms with Crippen molar-refractivity contribution >= 4 is 5.97 Å². The lowest BCUT2D eigenvalue weighted by Gasteiger charge is -2.64. The van der Waals surface area contributed by atoms with E-state index < -0.39 is 11.5 Å². The third kappa shape index (κ3) is 1.44. The van der Waals surface area contributed by atoms with Crippen molar-refractivity contribution in [1.29, 1.82) is 0 Å². The first-order valence-corrected chi connectivity index (χ1v) is 9.49. The zero-order valence-electron chi connectivity index (χ0n) is 14.6. The van der Waals surface area contributed by atoms with Crippen molar-refractivity contribution in [1.82, 2.24) is 0 Å². The minimum absolute atomic E-state index is 0.0559. The van der Waals surface area contributed by atoms with E-state index in [0.29, 0.717) is 0 Å². The van der Waals surface area contributed by atoms with E-state index in [1.54, 1.807) is 0 Å². The van der Waals surface area contributed by atoms with Crippen LogP contribution in [0.3, 0.4) is 0 Å². The molecule has 4 heteroatoms. The number of esters is 1. The molecule has 4 saturated carbocycles. The number of fused-ring (bicyclic) bond motifs is 2. The normalized spacial score (nSPS) is 61.3. The number of hydrogen-bond donors (Lipinski definition) is 2. The summed E-state index contributed by atoms with van der Waals surface area (Å²) in [6.07, 6.45) is 3.86. The van der Waals surface area contributed by atoms with Crippen LogP contribution in [-0.4, -0.2) is 34.5 Å². The molecule has 132 valence electrons. The molecule has 0 aromatic rings. The van der Waals surface area contributed by atoms with Crippen LogP contribution in [0.15, 0.2) is 12.2 Å². The summed E-state index contributed by atoms with van der Waals surface area (Å²) >= 11 is 0. The Labute approximate surface area is 143 Å². The van der Waals surface area contributed by atoms with E-state index in [1.807, 2.05) is 6.92 Å². The lowest BCUT2D eigenvalue weighted by atomic mass is 9.40. The molecule has 0 amide bonds. The minimum atomic E-state index is -0.626. The first-order valence-electron chi connectivity index (χ1n) is 9.49. The van der Waals surface area contributed by atoms with Crippen LogP contribution in [0.2, 0.25) is 0 Å². The van der Waals surface area contributed by atoms with Crippen LogP contribution in [0.5, 0.6) is 0 Å². The lowest BCUT2D eigenvalue weighted by molar-refractivity contribution is -0.229. The van der Waals surface area contributed by atoms with Crippen molar-refractivity contribution in [2.24, 2.45) is 34.0 Å². The van der Waals surface area contributed by atoms with Gasteiger partial charge in [-0.2, -0.15) is 0 Å². The van der Waals surface area contributed by atoms with Crippen molar-refractivity contribution in [2.45, 2.75) is 70.7 Å². The highest BCUT2D eigenvalue weighted by molar-refractivity contribution is 5.80. The summed E-state index contributed by atoms with van der Waals surface area (Å²) in [5.41, 5.74) is 0.283. The standard InChI is InChI=1S/C20H28O4/c1-10-8-20-9-11(10)12(21)7-13(20)18(2)5-4-6-19(3)15(18)14(16(20)22)24-17(19)23/h11-16,21-22H,1,4-9H2,2-3H3/t11-,12-,13+,14-,15+,16+,18+,19-,20+/m1/s1. The molecule has 1 heterocycles. The number of aliphatic hydroxyl groups is 2. The van der Waals surface area contributed by atoms with Crippen LogP contribution >= 0.6 is 0 Å². The molecule has 0 aromatic carbocycles. The number of carbonyl (C=O) groups excluding carboxylic acids is 1. The van der Waals surface area contributed by atoms with E-state index in [-0.39, 0.29) is 46.8 Å². The maximum atomic E-state index is 12.7. The zero-order valence-corrected chi connectivity index (χ0v) is 14.6. The summed E-state index contributed by atoms with van der Waals surface area (Å²) < 4.78 is 5.84. The highest BCUT2D eigenvalue weighted by Crippen LogP contribution is 2.74. The highest BCUT2D eigenvalue weighted by Gasteiger charge is 2.75. The topological polar surface area (TPSA) is 66.8 Å². The number of aliphatic hydroxyl groups excluding tert-OH is 2. The van der Waals surface area contributed by atoms with Gasteiger partial charge in [-0.3, -0.25) is 4.79 Å². The van der Waals surface area contributed by atoms with Crippen molar-refractivity contribution < 1.29 is 19.7 Å². The number of hydrogen-bond acceptors (Lipinski definition) is 4. The van der Waals surface area contributed by atoms with Crippen molar-refractivity contribution in [3.05, 3.63) is 12.2 Å². The van der Waals surface area contributed by atoms with Crippen molar-refractivity contribution in [3.63, 3.8) is 0 Å². The van der Waals surface area contributed by atoms with E-state index in [9.17, 15) is 15.0 Å². The van der Waals surface area contributed by atoms with Crippen LogP contribution in [0, 0.1) is 34.0 Å². The maximum Gasteiger partial charge on any atom is 0.312 e. The Morgan fingerprint density at radius 2 is 2.00 bits per heavy atom. The van der Waals surface area contributed by atoms with Crippen LogP contribution < -0.4 is 0 Å². The molecule has 1 saturated heterocycles. The molecule has 4 aliphatic carbocycles. The average molecular weight is 332 g/mol. The molecule has 24 heavy (non-hydrogen) atoms. The average Bonchev–Trinajstić information content (AvgIpc) is 2.96. The second-order valence-corrected chi connectivity index (χ2v) is 9.80. The van der Waals surface area contributed by atoms with Crippen molar-refractivity contribution in [2.75, 3.05) is 0 Å². The first kappa shape index (κ1) is 15.4. The smallest absolute Gasteiger partial charge is 0.312 e. The van der Waals surface area contributed by atoms with Gasteiger partial charge in [0.25, 0.3) is 0 Å².